The quantitative estimate of drug-likeness (QED) is 0.704. The fourth-order valence-electron chi connectivity index (χ4n) is 2.40. The molecule has 3 N–H and O–H groups in total. The Morgan fingerprint density at radius 1 is 1.25 bits per heavy atom. The van der Waals surface area contributed by atoms with E-state index in [0.717, 1.165) is 6.07 Å². The van der Waals surface area contributed by atoms with Crippen molar-refractivity contribution in [2.45, 2.75) is 36.8 Å². The van der Waals surface area contributed by atoms with Gasteiger partial charge in [0.1, 0.15) is 11.6 Å². The number of hydrogen-bond acceptors (Lipinski definition) is 3. The van der Waals surface area contributed by atoms with E-state index in [1.54, 1.807) is 5.32 Å². The number of halogens is 4. The van der Waals surface area contributed by atoms with Gasteiger partial charge in [0.15, 0.2) is 11.6 Å². The Labute approximate surface area is 135 Å². The zero-order valence-corrected chi connectivity index (χ0v) is 12.7. The summed E-state index contributed by atoms with van der Waals surface area (Å²) in [6.45, 7) is 0. The zero-order valence-electron chi connectivity index (χ0n) is 12.7. The van der Waals surface area contributed by atoms with Gasteiger partial charge in [-0.05, 0) is 37.0 Å². The Morgan fingerprint density at radius 2 is 1.88 bits per heavy atom. The van der Waals surface area contributed by atoms with Gasteiger partial charge in [-0.3, -0.25) is 9.59 Å². The molecule has 0 aromatic heterocycles. The highest BCUT2D eigenvalue weighted by Crippen LogP contribution is 2.44. The second-order valence-electron chi connectivity index (χ2n) is 5.65. The molecule has 1 atom stereocenters. The second-order valence-corrected chi connectivity index (χ2v) is 5.65. The van der Waals surface area contributed by atoms with Gasteiger partial charge in [0, 0.05) is 7.05 Å². The lowest BCUT2D eigenvalue weighted by atomic mass is 9.75. The summed E-state index contributed by atoms with van der Waals surface area (Å²) < 4.78 is 54.5. The predicted molar refractivity (Wildman–Crippen MR) is 75.1 cm³/mol. The van der Waals surface area contributed by atoms with E-state index < -0.39 is 41.0 Å². The highest BCUT2D eigenvalue weighted by molar-refractivity contribution is 5.92. The molecule has 1 aromatic rings. The predicted octanol–water partition coefficient (Wildman–Crippen LogP) is 1.42. The maximum atomic E-state index is 14.1. The highest BCUT2D eigenvalue weighted by atomic mass is 19.3. The van der Waals surface area contributed by atoms with Crippen LogP contribution in [0.25, 0.3) is 0 Å². The van der Waals surface area contributed by atoms with Crippen molar-refractivity contribution in [2.75, 3.05) is 7.05 Å². The Morgan fingerprint density at radius 3 is 2.33 bits per heavy atom. The van der Waals surface area contributed by atoms with Crippen LogP contribution in [-0.4, -0.2) is 35.5 Å². The van der Waals surface area contributed by atoms with Gasteiger partial charge in [-0.25, -0.2) is 8.78 Å². The lowest BCUT2D eigenvalue weighted by molar-refractivity contribution is -0.216. The first kappa shape index (κ1) is 18.2. The number of likely N-dealkylation sites (N-methyl/N-ethyl adjacent to an activating group) is 1. The molecule has 2 rings (SSSR count). The van der Waals surface area contributed by atoms with Gasteiger partial charge in [-0.15, -0.1) is 0 Å². The first-order chi connectivity index (χ1) is 11.1. The summed E-state index contributed by atoms with van der Waals surface area (Å²) in [6, 6.07) is 0.678. The van der Waals surface area contributed by atoms with Crippen LogP contribution in [-0.2, 0) is 9.59 Å². The third-order valence-electron chi connectivity index (χ3n) is 4.11. The second kappa shape index (κ2) is 6.39. The molecule has 132 valence electrons. The minimum atomic E-state index is -4.11. The maximum Gasteiger partial charge on any atom is 0.352 e. The van der Waals surface area contributed by atoms with Crippen molar-refractivity contribution in [2.24, 2.45) is 0 Å². The topological polar surface area (TPSA) is 78.4 Å². The van der Waals surface area contributed by atoms with Crippen LogP contribution in [0, 0.1) is 11.6 Å². The van der Waals surface area contributed by atoms with Crippen LogP contribution in [0.3, 0.4) is 0 Å². The van der Waals surface area contributed by atoms with E-state index in [9.17, 15) is 32.3 Å². The van der Waals surface area contributed by atoms with E-state index in [1.165, 1.54) is 7.05 Å². The highest BCUT2D eigenvalue weighted by Gasteiger charge is 2.61. The van der Waals surface area contributed by atoms with E-state index in [-0.39, 0.29) is 18.4 Å². The van der Waals surface area contributed by atoms with Crippen LogP contribution < -0.4 is 10.6 Å². The number of amides is 2. The lowest BCUT2D eigenvalue weighted by Gasteiger charge is -2.41. The molecule has 0 radical (unpaired) electrons. The summed E-state index contributed by atoms with van der Waals surface area (Å²) in [4.78, 5) is 23.7. The molecule has 2 amide bonds. The average Bonchev–Trinajstić information content (AvgIpc) is 2.51. The summed E-state index contributed by atoms with van der Waals surface area (Å²) >= 11 is 0. The molecule has 0 saturated heterocycles. The van der Waals surface area contributed by atoms with Crippen molar-refractivity contribution in [3.63, 3.8) is 0 Å². The molecule has 0 heterocycles. The fourth-order valence-corrected chi connectivity index (χ4v) is 2.40. The number of benzene rings is 1. The fraction of sp³-hybridized carbons (Fsp3) is 0.467. The van der Waals surface area contributed by atoms with Crippen LogP contribution in [0.15, 0.2) is 18.2 Å². The minimum absolute atomic E-state index is 0.210. The molecule has 1 aliphatic rings. The van der Waals surface area contributed by atoms with Gasteiger partial charge in [-0.1, -0.05) is 6.07 Å². The number of alkyl halides is 2. The standard InChI is InChI=1S/C15H16F4N2O3/c1-20-12(22)11(8-3-4-9(16)10(17)7-8)21-13(23)15(18,19)14(24)5-2-6-14/h3-4,7,11,24H,2,5-6H2,1H3,(H,20,22)(H,21,23)/t11-/m0/s1. The molecule has 9 heteroatoms. The summed E-state index contributed by atoms with van der Waals surface area (Å²) in [5.74, 6) is -9.35. The minimum Gasteiger partial charge on any atom is -0.383 e. The molecule has 1 saturated carbocycles. The van der Waals surface area contributed by atoms with Crippen LogP contribution in [0.4, 0.5) is 17.6 Å². The van der Waals surface area contributed by atoms with Crippen LogP contribution in [0.5, 0.6) is 0 Å². The molecule has 1 fully saturated rings. The van der Waals surface area contributed by atoms with Gasteiger partial charge in [0.25, 0.3) is 5.91 Å². The molecule has 1 aliphatic carbocycles. The number of aliphatic hydroxyl groups is 1. The van der Waals surface area contributed by atoms with E-state index in [2.05, 4.69) is 5.32 Å². The van der Waals surface area contributed by atoms with Gasteiger partial charge >= 0.3 is 5.92 Å². The first-order valence-electron chi connectivity index (χ1n) is 7.20. The van der Waals surface area contributed by atoms with Crippen LogP contribution in [0.2, 0.25) is 0 Å². The van der Waals surface area contributed by atoms with Gasteiger partial charge < -0.3 is 15.7 Å². The van der Waals surface area contributed by atoms with E-state index in [4.69, 9.17) is 0 Å². The molecular weight excluding hydrogens is 332 g/mol. The third kappa shape index (κ3) is 3.08. The maximum absolute atomic E-state index is 14.1. The monoisotopic (exact) mass is 348 g/mol. The summed E-state index contributed by atoms with van der Waals surface area (Å²) in [5.41, 5.74) is -2.67. The van der Waals surface area contributed by atoms with Gasteiger partial charge in [0.2, 0.25) is 5.91 Å². The summed E-state index contributed by atoms with van der Waals surface area (Å²) in [5, 5.41) is 13.7. The first-order valence-corrected chi connectivity index (χ1v) is 7.20. The number of rotatable bonds is 5. The molecule has 0 bridgehead atoms. The van der Waals surface area contributed by atoms with Crippen LogP contribution in [0.1, 0.15) is 30.9 Å². The lowest BCUT2D eigenvalue weighted by Crippen LogP contribution is -2.61. The molecule has 24 heavy (non-hydrogen) atoms. The zero-order chi connectivity index (χ0) is 18.1. The number of carbonyl (C=O) groups is 2. The van der Waals surface area contributed by atoms with E-state index in [1.807, 2.05) is 0 Å². The largest absolute Gasteiger partial charge is 0.383 e. The van der Waals surface area contributed by atoms with Crippen molar-refractivity contribution in [1.29, 1.82) is 0 Å². The molecule has 0 aliphatic heterocycles. The smallest absolute Gasteiger partial charge is 0.352 e. The van der Waals surface area contributed by atoms with E-state index in [0.29, 0.717) is 18.6 Å². The Balaban J connectivity index is 2.27. The molecule has 5 nitrogen and oxygen atoms in total. The Bertz CT molecular complexity index is 662. The molecule has 1 aromatic carbocycles. The van der Waals surface area contributed by atoms with Crippen molar-refractivity contribution < 1.29 is 32.3 Å². The normalized spacial score (nSPS) is 17.6. The SMILES string of the molecule is CNC(=O)[C@@H](NC(=O)C(F)(F)C1(O)CCC1)c1ccc(F)c(F)c1. The number of nitrogens with one attached hydrogen (secondary N) is 2. The molecular formula is C15H16F4N2O3. The van der Waals surface area contributed by atoms with Crippen molar-refractivity contribution >= 4 is 11.8 Å². The van der Waals surface area contributed by atoms with Crippen molar-refractivity contribution in [1.82, 2.24) is 10.6 Å². The van der Waals surface area contributed by atoms with Crippen LogP contribution >= 0.6 is 0 Å². The molecule has 0 spiro atoms. The van der Waals surface area contributed by atoms with Crippen molar-refractivity contribution in [3.8, 4) is 0 Å². The molecule has 0 unspecified atom stereocenters. The summed E-state index contributed by atoms with van der Waals surface area (Å²) in [7, 11) is 1.19. The van der Waals surface area contributed by atoms with Gasteiger partial charge in [-0.2, -0.15) is 8.78 Å². The number of hydrogen-bond donors (Lipinski definition) is 3. The summed E-state index contributed by atoms with van der Waals surface area (Å²) in [6.07, 6.45) is -0.145. The Kier molecular flexibility index (Phi) is 4.84. The van der Waals surface area contributed by atoms with E-state index >= 15 is 0 Å². The number of carbonyl (C=O) groups excluding carboxylic acids is 2. The Hall–Kier alpha value is -2.16. The average molecular weight is 348 g/mol. The van der Waals surface area contributed by atoms with Crippen molar-refractivity contribution in [3.05, 3.63) is 35.4 Å². The van der Waals surface area contributed by atoms with Gasteiger partial charge in [0.05, 0.1) is 0 Å². The third-order valence-corrected chi connectivity index (χ3v) is 4.11.